The molecule has 0 amide bonds. The first kappa shape index (κ1) is 9.20. The van der Waals surface area contributed by atoms with Gasteiger partial charge in [0.25, 0.3) is 0 Å². The van der Waals surface area contributed by atoms with Gasteiger partial charge in [-0.1, -0.05) is 32.0 Å². The molecule has 0 spiro atoms. The normalized spacial score (nSPS) is 11.1. The maximum Gasteiger partial charge on any atom is 0.0708 e. The zero-order chi connectivity index (χ0) is 10.1. The molecule has 14 heavy (non-hydrogen) atoms. The summed E-state index contributed by atoms with van der Waals surface area (Å²) in [5.41, 5.74) is 3.57. The molecule has 0 fully saturated rings. The molecule has 2 aromatic rings. The molecule has 1 nitrogen and oxygen atoms in total. The minimum absolute atomic E-state index is 0.559. The SMILES string of the molecule is Cc1ccc2c(C(C)C)cccc2n1. The second kappa shape index (κ2) is 3.41. The van der Waals surface area contributed by atoms with Crippen molar-refractivity contribution < 1.29 is 0 Å². The molecular formula is C13H15N. The van der Waals surface area contributed by atoms with Gasteiger partial charge in [-0.3, -0.25) is 4.98 Å². The van der Waals surface area contributed by atoms with E-state index in [1.165, 1.54) is 10.9 Å². The van der Waals surface area contributed by atoms with E-state index in [9.17, 15) is 0 Å². The second-order valence-electron chi connectivity index (χ2n) is 4.02. The summed E-state index contributed by atoms with van der Waals surface area (Å²) in [5.74, 6) is 0.559. The fourth-order valence-electron chi connectivity index (χ4n) is 1.78. The largest absolute Gasteiger partial charge is 0.253 e. The van der Waals surface area contributed by atoms with E-state index in [1.807, 2.05) is 6.92 Å². The maximum atomic E-state index is 4.52. The smallest absolute Gasteiger partial charge is 0.0708 e. The van der Waals surface area contributed by atoms with E-state index in [1.54, 1.807) is 0 Å². The first-order chi connectivity index (χ1) is 6.68. The van der Waals surface area contributed by atoms with Crippen LogP contribution in [0.5, 0.6) is 0 Å². The first-order valence-electron chi connectivity index (χ1n) is 5.05. The third kappa shape index (κ3) is 1.50. The molecular weight excluding hydrogens is 170 g/mol. The summed E-state index contributed by atoms with van der Waals surface area (Å²) < 4.78 is 0. The van der Waals surface area contributed by atoms with E-state index in [-0.39, 0.29) is 0 Å². The standard InChI is InChI=1S/C13H15N/c1-9(2)11-5-4-6-13-12(11)8-7-10(3)14-13/h4-9H,1-3H3. The summed E-state index contributed by atoms with van der Waals surface area (Å²) in [4.78, 5) is 4.52. The summed E-state index contributed by atoms with van der Waals surface area (Å²) >= 11 is 0. The minimum Gasteiger partial charge on any atom is -0.253 e. The molecule has 0 saturated carbocycles. The number of fused-ring (bicyclic) bond motifs is 1. The summed E-state index contributed by atoms with van der Waals surface area (Å²) in [6.07, 6.45) is 0. The van der Waals surface area contributed by atoms with Crippen LogP contribution in [0.1, 0.15) is 31.0 Å². The van der Waals surface area contributed by atoms with Crippen molar-refractivity contribution in [3.8, 4) is 0 Å². The monoisotopic (exact) mass is 185 g/mol. The zero-order valence-corrected chi connectivity index (χ0v) is 8.91. The van der Waals surface area contributed by atoms with Crippen molar-refractivity contribution in [3.05, 3.63) is 41.6 Å². The maximum absolute atomic E-state index is 4.52. The summed E-state index contributed by atoms with van der Waals surface area (Å²) in [5, 5.41) is 1.29. The Morgan fingerprint density at radius 2 is 1.86 bits per heavy atom. The van der Waals surface area contributed by atoms with Gasteiger partial charge in [0.05, 0.1) is 5.52 Å². The van der Waals surface area contributed by atoms with Crippen LogP contribution >= 0.6 is 0 Å². The van der Waals surface area contributed by atoms with Crippen molar-refractivity contribution in [1.29, 1.82) is 0 Å². The van der Waals surface area contributed by atoms with Crippen molar-refractivity contribution in [1.82, 2.24) is 4.98 Å². The highest BCUT2D eigenvalue weighted by Crippen LogP contribution is 2.24. The van der Waals surface area contributed by atoms with Gasteiger partial charge in [0.15, 0.2) is 0 Å². The van der Waals surface area contributed by atoms with Gasteiger partial charge in [0.2, 0.25) is 0 Å². The van der Waals surface area contributed by atoms with Gasteiger partial charge in [-0.2, -0.15) is 0 Å². The average molecular weight is 185 g/mol. The summed E-state index contributed by atoms with van der Waals surface area (Å²) in [7, 11) is 0. The quantitative estimate of drug-likeness (QED) is 0.660. The van der Waals surface area contributed by atoms with Gasteiger partial charge in [-0.15, -0.1) is 0 Å². The molecule has 1 heterocycles. The Bertz CT molecular complexity index is 458. The number of aryl methyl sites for hydroxylation is 1. The van der Waals surface area contributed by atoms with E-state index < -0.39 is 0 Å². The van der Waals surface area contributed by atoms with E-state index in [0.717, 1.165) is 11.2 Å². The third-order valence-electron chi connectivity index (χ3n) is 2.53. The van der Waals surface area contributed by atoms with Gasteiger partial charge in [0.1, 0.15) is 0 Å². The average Bonchev–Trinajstić information content (AvgIpc) is 2.16. The molecule has 0 atom stereocenters. The van der Waals surface area contributed by atoms with Crippen molar-refractivity contribution in [2.75, 3.05) is 0 Å². The lowest BCUT2D eigenvalue weighted by Crippen LogP contribution is -1.91. The van der Waals surface area contributed by atoms with Crippen LogP contribution in [0, 0.1) is 6.92 Å². The highest BCUT2D eigenvalue weighted by molar-refractivity contribution is 5.82. The molecule has 72 valence electrons. The molecule has 1 heteroatoms. The molecule has 0 aliphatic heterocycles. The fourth-order valence-corrected chi connectivity index (χ4v) is 1.78. The third-order valence-corrected chi connectivity index (χ3v) is 2.53. The number of hydrogen-bond acceptors (Lipinski definition) is 1. The Morgan fingerprint density at radius 3 is 2.57 bits per heavy atom. The Kier molecular flexibility index (Phi) is 2.24. The Morgan fingerprint density at radius 1 is 1.07 bits per heavy atom. The minimum atomic E-state index is 0.559. The first-order valence-corrected chi connectivity index (χ1v) is 5.05. The summed E-state index contributed by atoms with van der Waals surface area (Å²) in [6, 6.07) is 10.6. The number of pyridine rings is 1. The molecule has 0 saturated heterocycles. The molecule has 2 rings (SSSR count). The van der Waals surface area contributed by atoms with Crippen LogP contribution in [-0.2, 0) is 0 Å². The lowest BCUT2D eigenvalue weighted by atomic mass is 9.98. The summed E-state index contributed by atoms with van der Waals surface area (Å²) in [6.45, 7) is 6.46. The number of aromatic nitrogens is 1. The van der Waals surface area contributed by atoms with E-state index in [4.69, 9.17) is 0 Å². The van der Waals surface area contributed by atoms with Gasteiger partial charge >= 0.3 is 0 Å². The van der Waals surface area contributed by atoms with Crippen LogP contribution < -0.4 is 0 Å². The van der Waals surface area contributed by atoms with Crippen molar-refractivity contribution in [2.45, 2.75) is 26.7 Å². The van der Waals surface area contributed by atoms with E-state index >= 15 is 0 Å². The van der Waals surface area contributed by atoms with Crippen LogP contribution in [0.3, 0.4) is 0 Å². The van der Waals surface area contributed by atoms with Gasteiger partial charge in [0, 0.05) is 11.1 Å². The number of benzene rings is 1. The molecule has 0 aliphatic carbocycles. The molecule has 0 aliphatic rings. The van der Waals surface area contributed by atoms with Crippen molar-refractivity contribution in [3.63, 3.8) is 0 Å². The zero-order valence-electron chi connectivity index (χ0n) is 8.91. The lowest BCUT2D eigenvalue weighted by Gasteiger charge is -2.09. The highest BCUT2D eigenvalue weighted by Gasteiger charge is 2.04. The van der Waals surface area contributed by atoms with Gasteiger partial charge in [-0.05, 0) is 30.5 Å². The lowest BCUT2D eigenvalue weighted by molar-refractivity contribution is 0.876. The molecule has 1 aromatic carbocycles. The van der Waals surface area contributed by atoms with E-state index in [2.05, 4.69) is 49.2 Å². The number of nitrogens with zero attached hydrogens (tertiary/aromatic N) is 1. The highest BCUT2D eigenvalue weighted by atomic mass is 14.7. The van der Waals surface area contributed by atoms with Crippen molar-refractivity contribution in [2.24, 2.45) is 0 Å². The second-order valence-corrected chi connectivity index (χ2v) is 4.02. The van der Waals surface area contributed by atoms with Crippen molar-refractivity contribution >= 4 is 10.9 Å². The predicted molar refractivity (Wildman–Crippen MR) is 60.6 cm³/mol. The molecule has 0 bridgehead atoms. The molecule has 0 unspecified atom stereocenters. The Labute approximate surface area is 84.8 Å². The van der Waals surface area contributed by atoms with Crippen LogP contribution in [-0.4, -0.2) is 4.98 Å². The Hall–Kier alpha value is -1.37. The molecule has 1 aromatic heterocycles. The Balaban J connectivity index is 2.75. The van der Waals surface area contributed by atoms with E-state index in [0.29, 0.717) is 5.92 Å². The topological polar surface area (TPSA) is 12.9 Å². The number of hydrogen-bond donors (Lipinski definition) is 0. The molecule has 0 radical (unpaired) electrons. The fraction of sp³-hybridized carbons (Fsp3) is 0.308. The van der Waals surface area contributed by atoms with Crippen LogP contribution in [0.25, 0.3) is 10.9 Å². The number of rotatable bonds is 1. The predicted octanol–water partition coefficient (Wildman–Crippen LogP) is 3.67. The van der Waals surface area contributed by atoms with Crippen LogP contribution in [0.4, 0.5) is 0 Å². The van der Waals surface area contributed by atoms with Crippen LogP contribution in [0.2, 0.25) is 0 Å². The molecule has 0 N–H and O–H groups in total. The van der Waals surface area contributed by atoms with Crippen LogP contribution in [0.15, 0.2) is 30.3 Å². The van der Waals surface area contributed by atoms with Gasteiger partial charge in [-0.25, -0.2) is 0 Å². The van der Waals surface area contributed by atoms with Gasteiger partial charge < -0.3 is 0 Å².